The number of halogens is 1. The molecule has 0 fully saturated rings. The van der Waals surface area contributed by atoms with Gasteiger partial charge in [0.2, 0.25) is 0 Å². The Labute approximate surface area is 166 Å². The molecule has 0 amide bonds. The van der Waals surface area contributed by atoms with E-state index in [-0.39, 0.29) is 5.97 Å². The van der Waals surface area contributed by atoms with Crippen molar-refractivity contribution in [1.29, 1.82) is 0 Å². The summed E-state index contributed by atoms with van der Waals surface area (Å²) in [6.45, 7) is 7.54. The summed E-state index contributed by atoms with van der Waals surface area (Å²) < 4.78 is 16.6. The number of ether oxygens (including phenoxy) is 3. The highest BCUT2D eigenvalue weighted by atomic mass is 79.9. The molecule has 1 aromatic rings. The van der Waals surface area contributed by atoms with E-state index in [1.165, 1.54) is 12.8 Å². The van der Waals surface area contributed by atoms with Gasteiger partial charge >= 0.3 is 5.97 Å². The lowest BCUT2D eigenvalue weighted by molar-refractivity contribution is -0.153. The van der Waals surface area contributed by atoms with Gasteiger partial charge in [0.1, 0.15) is 11.5 Å². The minimum atomic E-state index is -0.427. The van der Waals surface area contributed by atoms with Crippen molar-refractivity contribution in [1.82, 2.24) is 0 Å². The van der Waals surface area contributed by atoms with Crippen molar-refractivity contribution in [2.75, 3.05) is 25.2 Å². The van der Waals surface area contributed by atoms with E-state index in [4.69, 9.17) is 14.2 Å². The zero-order valence-corrected chi connectivity index (χ0v) is 18.0. The molecule has 0 aliphatic heterocycles. The van der Waals surface area contributed by atoms with Gasteiger partial charge < -0.3 is 14.2 Å². The second-order valence-corrected chi connectivity index (χ2v) is 7.77. The van der Waals surface area contributed by atoms with Gasteiger partial charge in [-0.3, -0.25) is 4.79 Å². The fraction of sp³-hybridized carbons (Fsp3) is 0.667. The molecular formula is C21H33BrO4. The zero-order chi connectivity index (χ0) is 19.3. The number of hydrogen-bond donors (Lipinski definition) is 0. The Morgan fingerprint density at radius 1 is 0.923 bits per heavy atom. The van der Waals surface area contributed by atoms with E-state index in [0.717, 1.165) is 49.1 Å². The number of alkyl halides is 1. The van der Waals surface area contributed by atoms with Crippen LogP contribution in [-0.2, 0) is 9.53 Å². The summed E-state index contributed by atoms with van der Waals surface area (Å²) >= 11 is 3.43. The number of benzene rings is 1. The van der Waals surface area contributed by atoms with Gasteiger partial charge in [0.15, 0.2) is 0 Å². The molecule has 0 radical (unpaired) electrons. The molecule has 0 saturated carbocycles. The van der Waals surface area contributed by atoms with E-state index < -0.39 is 5.41 Å². The van der Waals surface area contributed by atoms with E-state index in [1.807, 2.05) is 45.0 Å². The predicted octanol–water partition coefficient (Wildman–Crippen LogP) is 5.77. The third-order valence-corrected chi connectivity index (χ3v) is 4.72. The number of unbranched alkanes of at least 4 members (excludes halogenated alkanes) is 3. The minimum Gasteiger partial charge on any atom is -0.494 e. The first-order valence-corrected chi connectivity index (χ1v) is 10.7. The van der Waals surface area contributed by atoms with Crippen LogP contribution < -0.4 is 9.47 Å². The van der Waals surface area contributed by atoms with E-state index in [0.29, 0.717) is 13.2 Å². The number of hydrogen-bond acceptors (Lipinski definition) is 4. The molecule has 148 valence electrons. The lowest BCUT2D eigenvalue weighted by atomic mass is 9.87. The van der Waals surface area contributed by atoms with Crippen molar-refractivity contribution in [2.45, 2.75) is 59.3 Å². The van der Waals surface area contributed by atoms with Gasteiger partial charge in [0.05, 0.1) is 25.2 Å². The average Bonchev–Trinajstić information content (AvgIpc) is 2.62. The topological polar surface area (TPSA) is 44.8 Å². The Hall–Kier alpha value is -1.23. The highest BCUT2D eigenvalue weighted by molar-refractivity contribution is 9.09. The fourth-order valence-electron chi connectivity index (χ4n) is 2.48. The Bertz CT molecular complexity index is 499. The summed E-state index contributed by atoms with van der Waals surface area (Å²) in [4.78, 5) is 11.8. The van der Waals surface area contributed by atoms with E-state index >= 15 is 0 Å². The zero-order valence-electron chi connectivity index (χ0n) is 16.4. The summed E-state index contributed by atoms with van der Waals surface area (Å²) in [5.41, 5.74) is -0.427. The standard InChI is InChI=1S/C21H33BrO4/c1-4-24-20(23)21(2,3)14-6-9-17-26-19-12-10-18(11-13-19)25-16-8-5-7-15-22/h10-13H,4-9,14-17H2,1-3H3. The molecule has 0 saturated heterocycles. The Balaban J connectivity index is 2.18. The quantitative estimate of drug-likeness (QED) is 0.214. The fourth-order valence-corrected chi connectivity index (χ4v) is 2.88. The first-order chi connectivity index (χ1) is 12.5. The predicted molar refractivity (Wildman–Crippen MR) is 109 cm³/mol. The molecule has 0 heterocycles. The van der Waals surface area contributed by atoms with Crippen LogP contribution in [-0.4, -0.2) is 31.1 Å². The van der Waals surface area contributed by atoms with Crippen molar-refractivity contribution in [3.05, 3.63) is 24.3 Å². The molecule has 0 aliphatic rings. The van der Waals surface area contributed by atoms with Crippen LogP contribution in [0, 0.1) is 5.41 Å². The van der Waals surface area contributed by atoms with E-state index in [9.17, 15) is 4.79 Å². The molecule has 0 aliphatic carbocycles. The van der Waals surface area contributed by atoms with Gasteiger partial charge in [-0.15, -0.1) is 0 Å². The maximum Gasteiger partial charge on any atom is 0.311 e. The van der Waals surface area contributed by atoms with Gasteiger partial charge in [0, 0.05) is 5.33 Å². The average molecular weight is 429 g/mol. The van der Waals surface area contributed by atoms with E-state index in [1.54, 1.807) is 0 Å². The van der Waals surface area contributed by atoms with Crippen LogP contribution in [0.15, 0.2) is 24.3 Å². The van der Waals surface area contributed by atoms with Gasteiger partial charge in [0.25, 0.3) is 0 Å². The molecular weight excluding hydrogens is 396 g/mol. The number of esters is 1. The SMILES string of the molecule is CCOC(=O)C(C)(C)CCCCOc1ccc(OCCCCCBr)cc1. The summed E-state index contributed by atoms with van der Waals surface area (Å²) in [5, 5.41) is 1.05. The summed E-state index contributed by atoms with van der Waals surface area (Å²) in [6, 6.07) is 7.78. The van der Waals surface area contributed by atoms with Crippen LogP contribution in [0.2, 0.25) is 0 Å². The molecule has 0 atom stereocenters. The Kier molecular flexibility index (Phi) is 11.4. The molecule has 5 heteroatoms. The molecule has 1 rings (SSSR count). The van der Waals surface area contributed by atoms with Gasteiger partial charge in [-0.1, -0.05) is 15.9 Å². The van der Waals surface area contributed by atoms with Crippen molar-refractivity contribution >= 4 is 21.9 Å². The Morgan fingerprint density at radius 2 is 1.46 bits per heavy atom. The van der Waals surface area contributed by atoms with Crippen LogP contribution in [0.4, 0.5) is 0 Å². The van der Waals surface area contributed by atoms with Crippen molar-refractivity contribution < 1.29 is 19.0 Å². The maximum atomic E-state index is 11.8. The number of rotatable bonds is 14. The highest BCUT2D eigenvalue weighted by Crippen LogP contribution is 2.25. The van der Waals surface area contributed by atoms with Crippen molar-refractivity contribution in [2.24, 2.45) is 5.41 Å². The van der Waals surface area contributed by atoms with E-state index in [2.05, 4.69) is 15.9 Å². The van der Waals surface area contributed by atoms with Gasteiger partial charge in [-0.2, -0.15) is 0 Å². The second-order valence-electron chi connectivity index (χ2n) is 6.98. The summed E-state index contributed by atoms with van der Waals surface area (Å²) in [5.74, 6) is 1.61. The van der Waals surface area contributed by atoms with Crippen LogP contribution >= 0.6 is 15.9 Å². The van der Waals surface area contributed by atoms with Crippen LogP contribution in [0.5, 0.6) is 11.5 Å². The molecule has 26 heavy (non-hydrogen) atoms. The number of carbonyl (C=O) groups is 1. The molecule has 1 aromatic carbocycles. The monoisotopic (exact) mass is 428 g/mol. The van der Waals surface area contributed by atoms with Gasteiger partial charge in [-0.05, 0) is 83.6 Å². The summed E-state index contributed by atoms with van der Waals surface area (Å²) in [7, 11) is 0. The molecule has 0 bridgehead atoms. The van der Waals surface area contributed by atoms with Crippen molar-refractivity contribution in [3.63, 3.8) is 0 Å². The molecule has 0 N–H and O–H groups in total. The molecule has 0 unspecified atom stereocenters. The minimum absolute atomic E-state index is 0.122. The number of carbonyl (C=O) groups excluding carboxylic acids is 1. The second kappa shape index (κ2) is 13.0. The highest BCUT2D eigenvalue weighted by Gasteiger charge is 2.28. The molecule has 0 aromatic heterocycles. The lowest BCUT2D eigenvalue weighted by Gasteiger charge is -2.21. The van der Waals surface area contributed by atoms with Crippen LogP contribution in [0.3, 0.4) is 0 Å². The lowest BCUT2D eigenvalue weighted by Crippen LogP contribution is -2.26. The first-order valence-electron chi connectivity index (χ1n) is 9.58. The summed E-state index contributed by atoms with van der Waals surface area (Å²) in [6.07, 6.45) is 6.09. The third kappa shape index (κ3) is 9.46. The van der Waals surface area contributed by atoms with Crippen LogP contribution in [0.25, 0.3) is 0 Å². The third-order valence-electron chi connectivity index (χ3n) is 4.16. The Morgan fingerprint density at radius 3 is 1.96 bits per heavy atom. The smallest absolute Gasteiger partial charge is 0.311 e. The largest absolute Gasteiger partial charge is 0.494 e. The molecule has 4 nitrogen and oxygen atoms in total. The van der Waals surface area contributed by atoms with Crippen LogP contribution in [0.1, 0.15) is 59.3 Å². The molecule has 0 spiro atoms. The maximum absolute atomic E-state index is 11.8. The first kappa shape index (κ1) is 22.8. The van der Waals surface area contributed by atoms with Gasteiger partial charge in [-0.25, -0.2) is 0 Å². The normalized spacial score (nSPS) is 11.2. The van der Waals surface area contributed by atoms with Crippen molar-refractivity contribution in [3.8, 4) is 11.5 Å².